The first-order valence-electron chi connectivity index (χ1n) is 11.6. The number of aromatic nitrogens is 4. The van der Waals surface area contributed by atoms with Gasteiger partial charge in [0, 0.05) is 30.4 Å². The molecule has 180 valence electrons. The molecule has 0 aliphatic heterocycles. The van der Waals surface area contributed by atoms with Crippen LogP contribution in [0.25, 0.3) is 11.4 Å². The van der Waals surface area contributed by atoms with Crippen molar-refractivity contribution in [2.45, 2.75) is 33.1 Å². The number of para-hydroxylation sites is 1. The number of rotatable bonds is 9. The number of aryl methyl sites for hydroxylation is 1. The average molecular weight is 472 g/mol. The number of hydrogen-bond acceptors (Lipinski definition) is 5. The number of benzene rings is 2. The summed E-state index contributed by atoms with van der Waals surface area (Å²) in [5, 5.41) is 12.0. The summed E-state index contributed by atoms with van der Waals surface area (Å²) in [6.07, 6.45) is 5.38. The Labute approximate surface area is 204 Å². The third-order valence-electron chi connectivity index (χ3n) is 5.98. The van der Waals surface area contributed by atoms with E-state index in [4.69, 9.17) is 4.74 Å². The molecule has 0 fully saturated rings. The zero-order chi connectivity index (χ0) is 24.8. The molecule has 0 aliphatic carbocycles. The van der Waals surface area contributed by atoms with Crippen molar-refractivity contribution in [2.24, 2.45) is 0 Å². The van der Waals surface area contributed by atoms with Gasteiger partial charge in [-0.25, -0.2) is 9.36 Å². The fourth-order valence-corrected chi connectivity index (χ4v) is 4.00. The fourth-order valence-electron chi connectivity index (χ4n) is 4.00. The van der Waals surface area contributed by atoms with Gasteiger partial charge < -0.3 is 10.1 Å². The number of hydrogen-bond donors (Lipinski definition) is 1. The molecule has 0 bridgehead atoms. The van der Waals surface area contributed by atoms with Crippen LogP contribution in [0.2, 0.25) is 0 Å². The van der Waals surface area contributed by atoms with E-state index in [1.54, 1.807) is 12.1 Å². The Morgan fingerprint density at radius 1 is 0.971 bits per heavy atom. The second-order valence-electron chi connectivity index (χ2n) is 8.32. The number of ether oxygens (including phenoxy) is 1. The minimum atomic E-state index is -0.239. The van der Waals surface area contributed by atoms with Gasteiger partial charge in [0.05, 0.1) is 30.4 Å². The topological polar surface area (TPSA) is 91.0 Å². The second-order valence-corrected chi connectivity index (χ2v) is 8.32. The zero-order valence-corrected chi connectivity index (χ0v) is 20.2. The lowest BCUT2D eigenvalue weighted by molar-refractivity contribution is -0.140. The summed E-state index contributed by atoms with van der Waals surface area (Å²) in [4.78, 5) is 24.1. The lowest BCUT2D eigenvalue weighted by Crippen LogP contribution is -2.25. The lowest BCUT2D eigenvalue weighted by atomic mass is 10.1. The normalized spacial score (nSPS) is 10.8. The van der Waals surface area contributed by atoms with E-state index >= 15 is 0 Å². The minimum Gasteiger partial charge on any atom is -0.469 e. The van der Waals surface area contributed by atoms with Gasteiger partial charge in [0.25, 0.3) is 5.91 Å². The van der Waals surface area contributed by atoms with Gasteiger partial charge in [0.15, 0.2) is 0 Å². The van der Waals surface area contributed by atoms with Crippen molar-refractivity contribution >= 4 is 11.9 Å². The van der Waals surface area contributed by atoms with Gasteiger partial charge in [-0.05, 0) is 74.2 Å². The van der Waals surface area contributed by atoms with Crippen LogP contribution in [0.3, 0.4) is 0 Å². The molecule has 1 amide bonds. The van der Waals surface area contributed by atoms with Gasteiger partial charge in [-0.1, -0.05) is 18.2 Å². The predicted octanol–water partition coefficient (Wildman–Crippen LogP) is 3.75. The number of nitrogens with zero attached hydrogens (tertiary/aromatic N) is 4. The first-order valence-corrected chi connectivity index (χ1v) is 11.6. The molecule has 0 unspecified atom stereocenters. The molecule has 0 saturated heterocycles. The zero-order valence-electron chi connectivity index (χ0n) is 20.2. The van der Waals surface area contributed by atoms with E-state index in [0.29, 0.717) is 31.4 Å². The van der Waals surface area contributed by atoms with Crippen molar-refractivity contribution in [1.29, 1.82) is 0 Å². The molecule has 1 N–H and O–H groups in total. The standard InChI is InChI=1S/C27H29N5O3/c1-19-25(13-14-26(33)35-3)20(2)32(30-19)24-11-9-22(10-12-24)27(34)28-16-15-21-17-29-31(18-21)23-7-5-4-6-8-23/h4-12,17-18H,13-16H2,1-3H3,(H,28,34). The molecule has 2 heterocycles. The van der Waals surface area contributed by atoms with Gasteiger partial charge in [0.1, 0.15) is 0 Å². The molecule has 8 nitrogen and oxygen atoms in total. The van der Waals surface area contributed by atoms with Gasteiger partial charge in [-0.3, -0.25) is 9.59 Å². The van der Waals surface area contributed by atoms with Crippen LogP contribution in [0.4, 0.5) is 0 Å². The quantitative estimate of drug-likeness (QED) is 0.376. The SMILES string of the molecule is COC(=O)CCc1c(C)nn(-c2ccc(C(=O)NCCc3cnn(-c4ccccc4)c3)cc2)c1C. The molecule has 8 heteroatoms. The smallest absolute Gasteiger partial charge is 0.305 e. The van der Waals surface area contributed by atoms with Gasteiger partial charge in [-0.2, -0.15) is 10.2 Å². The van der Waals surface area contributed by atoms with E-state index in [0.717, 1.165) is 33.9 Å². The maximum Gasteiger partial charge on any atom is 0.305 e. The van der Waals surface area contributed by atoms with Gasteiger partial charge in [0.2, 0.25) is 0 Å². The monoisotopic (exact) mass is 471 g/mol. The van der Waals surface area contributed by atoms with Crippen LogP contribution < -0.4 is 5.32 Å². The summed E-state index contributed by atoms with van der Waals surface area (Å²) in [7, 11) is 1.39. The first kappa shape index (κ1) is 23.9. The van der Waals surface area contributed by atoms with E-state index in [9.17, 15) is 9.59 Å². The Morgan fingerprint density at radius 3 is 2.43 bits per heavy atom. The van der Waals surface area contributed by atoms with Crippen LogP contribution in [0, 0.1) is 13.8 Å². The second kappa shape index (κ2) is 10.8. The molecule has 0 aliphatic rings. The highest BCUT2D eigenvalue weighted by Gasteiger charge is 2.15. The lowest BCUT2D eigenvalue weighted by Gasteiger charge is -2.08. The van der Waals surface area contributed by atoms with Crippen LogP contribution >= 0.6 is 0 Å². The Hall–Kier alpha value is -4.20. The fraction of sp³-hybridized carbons (Fsp3) is 0.259. The average Bonchev–Trinajstić information content (AvgIpc) is 3.47. The van der Waals surface area contributed by atoms with Crippen molar-refractivity contribution in [3.05, 3.63) is 95.1 Å². The minimum absolute atomic E-state index is 0.126. The summed E-state index contributed by atoms with van der Waals surface area (Å²) in [6, 6.07) is 17.3. The molecule has 0 radical (unpaired) electrons. The maximum atomic E-state index is 12.6. The number of carbonyl (C=O) groups excluding carboxylic acids is 2. The third kappa shape index (κ3) is 5.66. The van der Waals surface area contributed by atoms with E-state index in [-0.39, 0.29) is 11.9 Å². The molecule has 0 saturated carbocycles. The highest BCUT2D eigenvalue weighted by Crippen LogP contribution is 2.20. The molecule has 2 aromatic heterocycles. The van der Waals surface area contributed by atoms with Crippen molar-refractivity contribution in [2.75, 3.05) is 13.7 Å². The van der Waals surface area contributed by atoms with Crippen LogP contribution in [0.5, 0.6) is 0 Å². The highest BCUT2D eigenvalue weighted by atomic mass is 16.5. The van der Waals surface area contributed by atoms with E-state index in [2.05, 4.69) is 15.5 Å². The van der Waals surface area contributed by atoms with Crippen molar-refractivity contribution in [3.63, 3.8) is 0 Å². The molecular weight excluding hydrogens is 442 g/mol. The molecule has 2 aromatic carbocycles. The summed E-state index contributed by atoms with van der Waals surface area (Å²) < 4.78 is 8.41. The Balaban J connectivity index is 1.34. The van der Waals surface area contributed by atoms with Crippen LogP contribution in [-0.4, -0.2) is 45.1 Å². The number of methoxy groups -OCH3 is 1. The van der Waals surface area contributed by atoms with E-state index < -0.39 is 0 Å². The Kier molecular flexibility index (Phi) is 7.40. The van der Waals surface area contributed by atoms with Crippen LogP contribution in [0.1, 0.15) is 39.3 Å². The summed E-state index contributed by atoms with van der Waals surface area (Å²) >= 11 is 0. The Bertz CT molecular complexity index is 1310. The van der Waals surface area contributed by atoms with Crippen LogP contribution in [0.15, 0.2) is 67.0 Å². The van der Waals surface area contributed by atoms with Crippen LogP contribution in [-0.2, 0) is 22.4 Å². The van der Waals surface area contributed by atoms with Gasteiger partial charge in [-0.15, -0.1) is 0 Å². The summed E-state index contributed by atoms with van der Waals surface area (Å²) in [6.45, 7) is 4.43. The number of esters is 1. The molecule has 4 aromatic rings. The maximum absolute atomic E-state index is 12.6. The number of nitrogens with one attached hydrogen (secondary N) is 1. The molecule has 4 rings (SSSR count). The summed E-state index contributed by atoms with van der Waals surface area (Å²) in [5.74, 6) is -0.365. The number of carbonyl (C=O) groups is 2. The largest absolute Gasteiger partial charge is 0.469 e. The number of amides is 1. The molecule has 35 heavy (non-hydrogen) atoms. The molecular formula is C27H29N5O3. The van der Waals surface area contributed by atoms with E-state index in [1.165, 1.54) is 7.11 Å². The molecule has 0 atom stereocenters. The molecule has 0 spiro atoms. The third-order valence-corrected chi connectivity index (χ3v) is 5.98. The highest BCUT2D eigenvalue weighted by molar-refractivity contribution is 5.94. The predicted molar refractivity (Wildman–Crippen MR) is 133 cm³/mol. The van der Waals surface area contributed by atoms with Crippen molar-refractivity contribution in [1.82, 2.24) is 24.9 Å². The summed E-state index contributed by atoms with van der Waals surface area (Å²) in [5.41, 5.74) is 6.38. The van der Waals surface area contributed by atoms with E-state index in [1.807, 2.05) is 78.1 Å². The van der Waals surface area contributed by atoms with Gasteiger partial charge >= 0.3 is 5.97 Å². The van der Waals surface area contributed by atoms with Crippen molar-refractivity contribution in [3.8, 4) is 11.4 Å². The Morgan fingerprint density at radius 2 is 1.71 bits per heavy atom. The first-order chi connectivity index (χ1) is 17.0. The van der Waals surface area contributed by atoms with Crippen molar-refractivity contribution < 1.29 is 14.3 Å².